The number of hydrogen-bond acceptors (Lipinski definition) is 4. The summed E-state index contributed by atoms with van der Waals surface area (Å²) in [4.78, 5) is 0. The number of anilines is 1. The minimum atomic E-state index is 0.709. The molecule has 0 bridgehead atoms. The number of aromatic nitrogens is 4. The molecule has 2 rings (SSSR count). The van der Waals surface area contributed by atoms with Gasteiger partial charge >= 0.3 is 0 Å². The molecule has 0 aliphatic rings. The smallest absolute Gasteiger partial charge is 0.182 e. The molecule has 15 heavy (non-hydrogen) atoms. The fraction of sp³-hybridized carbons (Fsp3) is 0.222. The third-order valence-electron chi connectivity index (χ3n) is 2.27. The van der Waals surface area contributed by atoms with E-state index in [1.54, 1.807) is 11.7 Å². The maximum atomic E-state index is 5.87. The fourth-order valence-corrected chi connectivity index (χ4v) is 1.87. The summed E-state index contributed by atoms with van der Waals surface area (Å²) in [6.07, 6.45) is 0. The Bertz CT molecular complexity index is 505. The molecule has 1 aromatic carbocycles. The summed E-state index contributed by atoms with van der Waals surface area (Å²) < 4.78 is 2.54. The van der Waals surface area contributed by atoms with Crippen molar-refractivity contribution in [2.24, 2.45) is 7.05 Å². The van der Waals surface area contributed by atoms with E-state index >= 15 is 0 Å². The van der Waals surface area contributed by atoms with Crippen LogP contribution in [0.3, 0.4) is 0 Å². The second-order valence-electron chi connectivity index (χ2n) is 3.29. The SMILES string of the molecule is Cc1c(N)cc(Br)cc1-c1nnnn1C. The number of aryl methyl sites for hydroxylation is 1. The molecule has 0 saturated carbocycles. The molecule has 0 atom stereocenters. The van der Waals surface area contributed by atoms with Gasteiger partial charge in [-0.05, 0) is 35.0 Å². The first-order valence-electron chi connectivity index (χ1n) is 4.38. The fourth-order valence-electron chi connectivity index (χ4n) is 1.39. The van der Waals surface area contributed by atoms with Gasteiger partial charge in [-0.15, -0.1) is 5.10 Å². The molecule has 2 aromatic rings. The van der Waals surface area contributed by atoms with E-state index in [-0.39, 0.29) is 0 Å². The van der Waals surface area contributed by atoms with Crippen molar-refractivity contribution in [2.75, 3.05) is 5.73 Å². The van der Waals surface area contributed by atoms with Gasteiger partial charge in [0.1, 0.15) is 0 Å². The van der Waals surface area contributed by atoms with Gasteiger partial charge in [0.05, 0.1) is 0 Å². The van der Waals surface area contributed by atoms with Crippen LogP contribution < -0.4 is 5.73 Å². The molecule has 0 fully saturated rings. The van der Waals surface area contributed by atoms with Crippen LogP contribution in [0.1, 0.15) is 5.56 Å². The van der Waals surface area contributed by atoms with Crippen LogP contribution in [0.25, 0.3) is 11.4 Å². The van der Waals surface area contributed by atoms with Crippen molar-refractivity contribution >= 4 is 21.6 Å². The highest BCUT2D eigenvalue weighted by molar-refractivity contribution is 9.10. The van der Waals surface area contributed by atoms with Crippen LogP contribution in [0.2, 0.25) is 0 Å². The molecular weight excluding hydrogens is 258 g/mol. The second kappa shape index (κ2) is 3.62. The predicted octanol–water partition coefficient (Wildman–Crippen LogP) is 1.53. The highest BCUT2D eigenvalue weighted by atomic mass is 79.9. The molecule has 0 aliphatic heterocycles. The number of benzene rings is 1. The lowest BCUT2D eigenvalue weighted by Gasteiger charge is -2.07. The van der Waals surface area contributed by atoms with Crippen molar-refractivity contribution in [3.63, 3.8) is 0 Å². The minimum Gasteiger partial charge on any atom is -0.398 e. The van der Waals surface area contributed by atoms with Gasteiger partial charge in [0.25, 0.3) is 0 Å². The summed E-state index contributed by atoms with van der Waals surface area (Å²) in [6.45, 7) is 1.95. The van der Waals surface area contributed by atoms with E-state index in [2.05, 4.69) is 31.5 Å². The van der Waals surface area contributed by atoms with Crippen LogP contribution >= 0.6 is 15.9 Å². The Balaban J connectivity index is 2.68. The summed E-state index contributed by atoms with van der Waals surface area (Å²) in [6, 6.07) is 3.82. The standard InChI is InChI=1S/C9H10BrN5/c1-5-7(3-6(10)4-8(5)11)9-12-13-14-15(9)2/h3-4H,11H2,1-2H3. The molecule has 0 aliphatic carbocycles. The van der Waals surface area contributed by atoms with E-state index in [0.717, 1.165) is 21.3 Å². The molecule has 0 unspecified atom stereocenters. The van der Waals surface area contributed by atoms with E-state index in [4.69, 9.17) is 5.73 Å². The van der Waals surface area contributed by atoms with E-state index in [1.807, 2.05) is 19.1 Å². The first-order chi connectivity index (χ1) is 7.09. The number of nitrogens with zero attached hydrogens (tertiary/aromatic N) is 4. The molecule has 6 heteroatoms. The maximum Gasteiger partial charge on any atom is 0.182 e. The lowest BCUT2D eigenvalue weighted by molar-refractivity contribution is 0.714. The minimum absolute atomic E-state index is 0.709. The van der Waals surface area contributed by atoms with Crippen molar-refractivity contribution in [2.45, 2.75) is 6.92 Å². The number of halogens is 1. The largest absolute Gasteiger partial charge is 0.398 e. The van der Waals surface area contributed by atoms with Crippen LogP contribution in [0.5, 0.6) is 0 Å². The Labute approximate surface area is 95.4 Å². The molecule has 0 spiro atoms. The normalized spacial score (nSPS) is 10.6. The van der Waals surface area contributed by atoms with Crippen molar-refractivity contribution in [3.05, 3.63) is 22.2 Å². The van der Waals surface area contributed by atoms with Crippen molar-refractivity contribution in [1.29, 1.82) is 0 Å². The Morgan fingerprint density at radius 3 is 2.73 bits per heavy atom. The van der Waals surface area contributed by atoms with Crippen LogP contribution in [0.15, 0.2) is 16.6 Å². The van der Waals surface area contributed by atoms with Crippen molar-refractivity contribution in [1.82, 2.24) is 20.2 Å². The topological polar surface area (TPSA) is 69.6 Å². The lowest BCUT2D eigenvalue weighted by atomic mass is 10.1. The number of nitrogen functional groups attached to an aromatic ring is 1. The van der Waals surface area contributed by atoms with Gasteiger partial charge in [-0.2, -0.15) is 0 Å². The summed E-state index contributed by atoms with van der Waals surface area (Å²) in [5.41, 5.74) is 8.52. The average Bonchev–Trinajstić information content (AvgIpc) is 2.58. The number of nitrogens with two attached hydrogens (primary N) is 1. The Morgan fingerprint density at radius 1 is 1.40 bits per heavy atom. The Hall–Kier alpha value is -1.43. The van der Waals surface area contributed by atoms with E-state index in [9.17, 15) is 0 Å². The van der Waals surface area contributed by atoms with Crippen molar-refractivity contribution < 1.29 is 0 Å². The zero-order valence-corrected chi connectivity index (χ0v) is 9.98. The zero-order valence-electron chi connectivity index (χ0n) is 8.40. The second-order valence-corrected chi connectivity index (χ2v) is 4.21. The third kappa shape index (κ3) is 1.72. The highest BCUT2D eigenvalue weighted by Gasteiger charge is 2.11. The van der Waals surface area contributed by atoms with Gasteiger partial charge in [0.15, 0.2) is 5.82 Å². The van der Waals surface area contributed by atoms with Crippen LogP contribution in [0.4, 0.5) is 5.69 Å². The van der Waals surface area contributed by atoms with Crippen LogP contribution in [0, 0.1) is 6.92 Å². The van der Waals surface area contributed by atoms with Gasteiger partial charge in [0, 0.05) is 22.8 Å². The van der Waals surface area contributed by atoms with Gasteiger partial charge < -0.3 is 5.73 Å². The van der Waals surface area contributed by atoms with E-state index in [1.165, 1.54) is 0 Å². The van der Waals surface area contributed by atoms with Gasteiger partial charge in [0.2, 0.25) is 0 Å². The molecule has 1 heterocycles. The van der Waals surface area contributed by atoms with Crippen LogP contribution in [-0.4, -0.2) is 20.2 Å². The first-order valence-corrected chi connectivity index (χ1v) is 5.17. The molecule has 5 nitrogen and oxygen atoms in total. The Morgan fingerprint density at radius 2 is 2.13 bits per heavy atom. The average molecular weight is 268 g/mol. The van der Waals surface area contributed by atoms with E-state index in [0.29, 0.717) is 5.82 Å². The highest BCUT2D eigenvalue weighted by Crippen LogP contribution is 2.28. The lowest BCUT2D eigenvalue weighted by Crippen LogP contribution is -1.99. The van der Waals surface area contributed by atoms with Crippen molar-refractivity contribution in [3.8, 4) is 11.4 Å². The molecule has 2 N–H and O–H groups in total. The molecule has 0 amide bonds. The van der Waals surface area contributed by atoms with Gasteiger partial charge in [-0.1, -0.05) is 15.9 Å². The first kappa shape index (κ1) is 10.1. The summed E-state index contributed by atoms with van der Waals surface area (Å²) >= 11 is 3.40. The summed E-state index contributed by atoms with van der Waals surface area (Å²) in [5.74, 6) is 0.709. The number of hydrogen-bond donors (Lipinski definition) is 1. The van der Waals surface area contributed by atoms with Gasteiger partial charge in [-0.25, -0.2) is 4.68 Å². The third-order valence-corrected chi connectivity index (χ3v) is 2.73. The maximum absolute atomic E-state index is 5.87. The molecule has 0 radical (unpaired) electrons. The predicted molar refractivity (Wildman–Crippen MR) is 61.1 cm³/mol. The van der Waals surface area contributed by atoms with Crippen LogP contribution in [-0.2, 0) is 7.05 Å². The monoisotopic (exact) mass is 267 g/mol. The summed E-state index contributed by atoms with van der Waals surface area (Å²) in [7, 11) is 1.80. The molecule has 0 saturated heterocycles. The molecule has 1 aromatic heterocycles. The van der Waals surface area contributed by atoms with E-state index < -0.39 is 0 Å². The Kier molecular flexibility index (Phi) is 2.44. The molecule has 78 valence electrons. The number of rotatable bonds is 1. The number of tetrazole rings is 1. The zero-order chi connectivity index (χ0) is 11.0. The quantitative estimate of drug-likeness (QED) is 0.796. The summed E-state index contributed by atoms with van der Waals surface area (Å²) in [5, 5.41) is 11.4. The molecular formula is C9H10BrN5. The van der Waals surface area contributed by atoms with Gasteiger partial charge in [-0.3, -0.25) is 0 Å².